The van der Waals surface area contributed by atoms with E-state index in [1.165, 1.54) is 0 Å². The highest BCUT2D eigenvalue weighted by Gasteiger charge is 2.34. The molecule has 0 aromatic rings. The number of rotatable bonds is 5. The molecule has 0 aliphatic carbocycles. The highest BCUT2D eigenvalue weighted by molar-refractivity contribution is 5.85. The highest BCUT2D eigenvalue weighted by Crippen LogP contribution is 2.10. The first-order valence-electron chi connectivity index (χ1n) is 4.22. The van der Waals surface area contributed by atoms with Crippen LogP contribution in [0.4, 0.5) is 0 Å². The Hall–Kier alpha value is -1.76. The summed E-state index contributed by atoms with van der Waals surface area (Å²) in [6.45, 7) is 1.16. The lowest BCUT2D eigenvalue weighted by atomic mass is 10.0. The fourth-order valence-corrected chi connectivity index (χ4v) is 0.946. The van der Waals surface area contributed by atoms with Crippen LogP contribution in [0.15, 0.2) is 12.0 Å². The Morgan fingerprint density at radius 1 is 1.47 bits per heavy atom. The topological polar surface area (TPSA) is 139 Å². The van der Waals surface area contributed by atoms with E-state index in [0.717, 1.165) is 13.1 Å². The molecular formula is C8H15N3O4. The number of carbonyl (C=O) groups is 2. The lowest BCUT2D eigenvalue weighted by Gasteiger charge is -2.25. The molecule has 7 nitrogen and oxygen atoms in total. The van der Waals surface area contributed by atoms with Crippen molar-refractivity contribution >= 4 is 11.9 Å². The van der Waals surface area contributed by atoms with Crippen LogP contribution in [0.1, 0.15) is 19.8 Å². The normalized spacial score (nSPS) is 15.5. The summed E-state index contributed by atoms with van der Waals surface area (Å²) in [6.07, 6.45) is 0.761. The maximum Gasteiger partial charge on any atom is 0.344 e. The molecular weight excluding hydrogens is 202 g/mol. The minimum absolute atomic E-state index is 0.0282. The van der Waals surface area contributed by atoms with Gasteiger partial charge in [-0.2, -0.15) is 0 Å². The molecule has 0 rings (SSSR count). The fourth-order valence-electron chi connectivity index (χ4n) is 0.946. The molecule has 0 aromatic carbocycles. The first-order chi connectivity index (χ1) is 6.81. The van der Waals surface area contributed by atoms with Gasteiger partial charge < -0.3 is 21.3 Å². The van der Waals surface area contributed by atoms with Gasteiger partial charge >= 0.3 is 5.97 Å². The average molecular weight is 217 g/mol. The number of hydrogen-bond acceptors (Lipinski definition) is 5. The van der Waals surface area contributed by atoms with E-state index in [9.17, 15) is 9.59 Å². The quantitative estimate of drug-likeness (QED) is 0.295. The summed E-state index contributed by atoms with van der Waals surface area (Å²) < 4.78 is 0. The molecule has 0 radical (unpaired) electrons. The lowest BCUT2D eigenvalue weighted by molar-refractivity contribution is -0.147. The van der Waals surface area contributed by atoms with Gasteiger partial charge in [-0.1, -0.05) is 0 Å². The second kappa shape index (κ2) is 5.20. The molecule has 0 aliphatic heterocycles. The zero-order valence-electron chi connectivity index (χ0n) is 8.36. The van der Waals surface area contributed by atoms with E-state index >= 15 is 0 Å². The van der Waals surface area contributed by atoms with E-state index < -0.39 is 17.5 Å². The van der Waals surface area contributed by atoms with E-state index in [1.807, 2.05) is 0 Å². The minimum Gasteiger partial charge on any atom is -0.511 e. The molecule has 0 aromatic heterocycles. The molecule has 0 spiro atoms. The molecule has 0 saturated heterocycles. The van der Waals surface area contributed by atoms with E-state index in [2.05, 4.69) is 5.32 Å². The van der Waals surface area contributed by atoms with Crippen LogP contribution in [0.25, 0.3) is 0 Å². The number of aliphatic carboxylic acids is 1. The number of aliphatic hydroxyl groups excluding tert-OH is 1. The summed E-state index contributed by atoms with van der Waals surface area (Å²) in [5, 5.41) is 19.9. The highest BCUT2D eigenvalue weighted by atomic mass is 16.4. The maximum absolute atomic E-state index is 10.8. The Balaban J connectivity index is 4.52. The van der Waals surface area contributed by atoms with Gasteiger partial charge in [0, 0.05) is 26.0 Å². The number of carboxylic acids is 1. The summed E-state index contributed by atoms with van der Waals surface area (Å²) in [5.74, 6) is -2.12. The van der Waals surface area contributed by atoms with Gasteiger partial charge in [-0.25, -0.2) is 4.79 Å². The summed E-state index contributed by atoms with van der Waals surface area (Å²) in [4.78, 5) is 21.5. The molecule has 15 heavy (non-hydrogen) atoms. The largest absolute Gasteiger partial charge is 0.511 e. The number of amides is 1. The fraction of sp³-hybridized carbons (Fsp3) is 0.500. The van der Waals surface area contributed by atoms with Gasteiger partial charge in [-0.3, -0.25) is 10.5 Å². The molecule has 7 N–H and O–H groups in total. The molecule has 0 aliphatic rings. The Bertz CT molecular complexity index is 290. The third-order valence-electron chi connectivity index (χ3n) is 1.75. The van der Waals surface area contributed by atoms with Crippen molar-refractivity contribution in [3.05, 3.63) is 12.0 Å². The van der Waals surface area contributed by atoms with Crippen LogP contribution in [0, 0.1) is 0 Å². The van der Waals surface area contributed by atoms with Gasteiger partial charge in [0.05, 0.1) is 0 Å². The first kappa shape index (κ1) is 13.2. The monoisotopic (exact) mass is 217 g/mol. The van der Waals surface area contributed by atoms with E-state index in [4.69, 9.17) is 21.7 Å². The molecule has 0 fully saturated rings. The molecule has 1 atom stereocenters. The van der Waals surface area contributed by atoms with Crippen molar-refractivity contribution in [2.45, 2.75) is 25.4 Å². The molecule has 0 saturated carbocycles. The van der Waals surface area contributed by atoms with Crippen molar-refractivity contribution in [1.29, 1.82) is 0 Å². The number of carbonyl (C=O) groups excluding carboxylic acids is 1. The summed E-state index contributed by atoms with van der Waals surface area (Å²) in [6, 6.07) is 0. The predicted molar refractivity (Wildman–Crippen MR) is 52.5 cm³/mol. The van der Waals surface area contributed by atoms with E-state index in [-0.39, 0.29) is 18.6 Å². The van der Waals surface area contributed by atoms with Gasteiger partial charge in [0.1, 0.15) is 5.76 Å². The molecule has 1 amide bonds. The van der Waals surface area contributed by atoms with Gasteiger partial charge in [0.15, 0.2) is 5.66 Å². The third kappa shape index (κ3) is 4.32. The van der Waals surface area contributed by atoms with Crippen molar-refractivity contribution < 1.29 is 19.8 Å². The molecule has 86 valence electrons. The second-order valence-corrected chi connectivity index (χ2v) is 3.12. The maximum atomic E-state index is 10.8. The van der Waals surface area contributed by atoms with Crippen molar-refractivity contribution in [3.63, 3.8) is 0 Å². The average Bonchev–Trinajstić information content (AvgIpc) is 2.12. The number of allylic oxidation sites excluding steroid dienone is 1. The standard InChI is InChI=1S/C8H15N3O4/c1-5(12)11-8(10,7(14)15)3-2-6(13)4-9/h4,13H,2-3,9-10H2,1H3,(H,11,12)(H,14,15)/b6-4-/t8-/m1/s1. The van der Waals surface area contributed by atoms with Crippen LogP contribution < -0.4 is 16.8 Å². The molecule has 0 unspecified atom stereocenters. The minimum atomic E-state index is -1.89. The van der Waals surface area contributed by atoms with E-state index in [1.54, 1.807) is 0 Å². The van der Waals surface area contributed by atoms with Gasteiger partial charge in [0.25, 0.3) is 0 Å². The van der Waals surface area contributed by atoms with Crippen LogP contribution >= 0.6 is 0 Å². The van der Waals surface area contributed by atoms with Crippen LogP contribution in [-0.2, 0) is 9.59 Å². The number of nitrogens with one attached hydrogen (secondary N) is 1. The Morgan fingerprint density at radius 3 is 2.33 bits per heavy atom. The number of aliphatic hydroxyl groups is 1. The van der Waals surface area contributed by atoms with Crippen LogP contribution in [0.5, 0.6) is 0 Å². The van der Waals surface area contributed by atoms with Gasteiger partial charge in [-0.05, 0) is 0 Å². The van der Waals surface area contributed by atoms with Crippen LogP contribution in [0.3, 0.4) is 0 Å². The number of nitrogens with two attached hydrogens (primary N) is 2. The first-order valence-corrected chi connectivity index (χ1v) is 4.22. The Labute approximate surface area is 86.7 Å². The van der Waals surface area contributed by atoms with E-state index in [0.29, 0.717) is 0 Å². The summed E-state index contributed by atoms with van der Waals surface area (Å²) in [5.41, 5.74) is 8.54. The summed E-state index contributed by atoms with van der Waals surface area (Å²) in [7, 11) is 0. The van der Waals surface area contributed by atoms with Crippen LogP contribution in [0.2, 0.25) is 0 Å². The Kier molecular flexibility index (Phi) is 4.59. The molecule has 0 heterocycles. The Morgan fingerprint density at radius 2 is 2.00 bits per heavy atom. The molecule has 0 bridgehead atoms. The van der Waals surface area contributed by atoms with Gasteiger partial charge in [0.2, 0.25) is 5.91 Å². The van der Waals surface area contributed by atoms with Gasteiger partial charge in [-0.15, -0.1) is 0 Å². The lowest BCUT2D eigenvalue weighted by Crippen LogP contribution is -2.61. The van der Waals surface area contributed by atoms with Crippen LogP contribution in [-0.4, -0.2) is 27.8 Å². The van der Waals surface area contributed by atoms with Crippen molar-refractivity contribution in [2.24, 2.45) is 11.5 Å². The van der Waals surface area contributed by atoms with Crippen molar-refractivity contribution in [2.75, 3.05) is 0 Å². The number of carboxylic acid groups (broad SMARTS) is 1. The zero-order chi connectivity index (χ0) is 12.1. The molecule has 7 heteroatoms. The smallest absolute Gasteiger partial charge is 0.344 e. The SMILES string of the molecule is CC(=O)N[C@](N)(CC/C(O)=C/N)C(=O)O. The third-order valence-corrected chi connectivity index (χ3v) is 1.75. The summed E-state index contributed by atoms with van der Waals surface area (Å²) >= 11 is 0. The zero-order valence-corrected chi connectivity index (χ0v) is 8.36. The predicted octanol–water partition coefficient (Wildman–Crippen LogP) is -1.000. The van der Waals surface area contributed by atoms with Crippen molar-refractivity contribution in [1.82, 2.24) is 5.32 Å². The number of hydrogen-bond donors (Lipinski definition) is 5. The van der Waals surface area contributed by atoms with Crippen molar-refractivity contribution in [3.8, 4) is 0 Å². The second-order valence-electron chi connectivity index (χ2n) is 3.12.